The van der Waals surface area contributed by atoms with Gasteiger partial charge in [-0.2, -0.15) is 0 Å². The van der Waals surface area contributed by atoms with E-state index in [4.69, 9.17) is 5.11 Å². The molecule has 3 nitrogen and oxygen atoms in total. The summed E-state index contributed by atoms with van der Waals surface area (Å²) in [6.45, 7) is 8.19. The third-order valence-electron chi connectivity index (χ3n) is 1.92. The van der Waals surface area contributed by atoms with E-state index in [1.807, 2.05) is 20.8 Å². The molecule has 0 aliphatic carbocycles. The molecule has 0 heterocycles. The van der Waals surface area contributed by atoms with Gasteiger partial charge in [-0.3, -0.25) is 0 Å². The second-order valence-corrected chi connectivity index (χ2v) is 4.16. The summed E-state index contributed by atoms with van der Waals surface area (Å²) in [6.07, 6.45) is 0.973. The fourth-order valence-electron chi connectivity index (χ4n) is 1.16. The number of nitrogens with one attached hydrogen (secondary N) is 1. The minimum Gasteiger partial charge on any atom is -0.465 e. The normalized spacial score (nSPS) is 14.0. The lowest BCUT2D eigenvalue weighted by Gasteiger charge is -2.30. The van der Waals surface area contributed by atoms with Crippen LogP contribution in [0, 0.1) is 5.41 Å². The third kappa shape index (κ3) is 4.21. The third-order valence-corrected chi connectivity index (χ3v) is 1.92. The Morgan fingerprint density at radius 3 is 2.25 bits per heavy atom. The molecular weight excluding hydrogens is 154 g/mol. The monoisotopic (exact) mass is 173 g/mol. The van der Waals surface area contributed by atoms with Crippen molar-refractivity contribution in [3.63, 3.8) is 0 Å². The first-order valence-corrected chi connectivity index (χ1v) is 4.37. The van der Waals surface area contributed by atoms with Crippen molar-refractivity contribution in [3.05, 3.63) is 0 Å². The van der Waals surface area contributed by atoms with Gasteiger partial charge < -0.3 is 10.4 Å². The van der Waals surface area contributed by atoms with Crippen LogP contribution in [0.3, 0.4) is 0 Å². The van der Waals surface area contributed by atoms with Crippen molar-refractivity contribution in [1.29, 1.82) is 0 Å². The number of carboxylic acid groups (broad SMARTS) is 1. The van der Waals surface area contributed by atoms with E-state index in [0.29, 0.717) is 0 Å². The summed E-state index contributed by atoms with van der Waals surface area (Å²) in [4.78, 5) is 10.4. The second kappa shape index (κ2) is 4.33. The van der Waals surface area contributed by atoms with Crippen LogP contribution in [-0.4, -0.2) is 17.2 Å². The summed E-state index contributed by atoms with van der Waals surface area (Å²) in [7, 11) is 0. The van der Waals surface area contributed by atoms with Crippen LogP contribution in [0.5, 0.6) is 0 Å². The maximum Gasteiger partial charge on any atom is 0.404 e. The molecule has 0 saturated heterocycles. The zero-order chi connectivity index (χ0) is 9.78. The van der Waals surface area contributed by atoms with Gasteiger partial charge in [0.25, 0.3) is 0 Å². The molecule has 0 fully saturated rings. The van der Waals surface area contributed by atoms with E-state index in [9.17, 15) is 4.79 Å². The Kier molecular flexibility index (Phi) is 4.07. The average molecular weight is 173 g/mol. The fraction of sp³-hybridized carbons (Fsp3) is 0.889. The van der Waals surface area contributed by atoms with Crippen LogP contribution >= 0.6 is 0 Å². The van der Waals surface area contributed by atoms with Crippen LogP contribution in [0.25, 0.3) is 0 Å². The van der Waals surface area contributed by atoms with E-state index < -0.39 is 6.09 Å². The summed E-state index contributed by atoms with van der Waals surface area (Å²) in [5, 5.41) is 11.1. The van der Waals surface area contributed by atoms with Crippen molar-refractivity contribution in [2.24, 2.45) is 5.41 Å². The van der Waals surface area contributed by atoms with Gasteiger partial charge in [0.15, 0.2) is 0 Å². The predicted octanol–water partition coefficient (Wildman–Crippen LogP) is 2.47. The lowest BCUT2D eigenvalue weighted by molar-refractivity contribution is 0.172. The van der Waals surface area contributed by atoms with Crippen LogP contribution in [0.2, 0.25) is 0 Å². The Hall–Kier alpha value is -0.730. The first-order valence-electron chi connectivity index (χ1n) is 4.37. The van der Waals surface area contributed by atoms with Crippen LogP contribution < -0.4 is 5.32 Å². The Bertz CT molecular complexity index is 149. The summed E-state index contributed by atoms with van der Waals surface area (Å²) in [5.74, 6) is 0. The Labute approximate surface area is 74.2 Å². The number of rotatable bonds is 3. The summed E-state index contributed by atoms with van der Waals surface area (Å²) in [6, 6.07) is 0.0556. The molecule has 3 heteroatoms. The molecule has 0 spiro atoms. The zero-order valence-corrected chi connectivity index (χ0v) is 8.35. The molecule has 1 atom stereocenters. The van der Waals surface area contributed by atoms with Gasteiger partial charge in [0.1, 0.15) is 0 Å². The first-order chi connectivity index (χ1) is 5.38. The second-order valence-electron chi connectivity index (χ2n) is 4.16. The quantitative estimate of drug-likeness (QED) is 0.688. The highest BCUT2D eigenvalue weighted by molar-refractivity contribution is 5.64. The van der Waals surface area contributed by atoms with Gasteiger partial charge in [0.05, 0.1) is 0 Å². The standard InChI is InChI=1S/C9H19NO2/c1-5-6-7(9(2,3)4)10-8(11)12/h7,10H,5-6H2,1-4H3,(H,11,12). The lowest BCUT2D eigenvalue weighted by Crippen LogP contribution is -2.42. The van der Waals surface area contributed by atoms with Gasteiger partial charge in [-0.1, -0.05) is 34.1 Å². The smallest absolute Gasteiger partial charge is 0.404 e. The zero-order valence-electron chi connectivity index (χ0n) is 8.35. The van der Waals surface area contributed by atoms with Crippen molar-refractivity contribution in [2.45, 2.75) is 46.6 Å². The van der Waals surface area contributed by atoms with Crippen LogP contribution in [0.1, 0.15) is 40.5 Å². The SMILES string of the molecule is CCCC(NC(=O)O)C(C)(C)C. The molecule has 2 N–H and O–H groups in total. The number of carbonyl (C=O) groups is 1. The molecule has 0 rings (SSSR count). The summed E-state index contributed by atoms with van der Waals surface area (Å²) in [5.41, 5.74) is 0.00833. The maximum atomic E-state index is 10.4. The summed E-state index contributed by atoms with van der Waals surface area (Å²) < 4.78 is 0. The van der Waals surface area contributed by atoms with Gasteiger partial charge in [0, 0.05) is 6.04 Å². The molecule has 1 unspecified atom stereocenters. The Morgan fingerprint density at radius 1 is 1.50 bits per heavy atom. The minimum atomic E-state index is -0.927. The van der Waals surface area contributed by atoms with Crippen molar-refractivity contribution in [3.8, 4) is 0 Å². The van der Waals surface area contributed by atoms with Crippen molar-refractivity contribution in [2.75, 3.05) is 0 Å². The molecule has 0 radical (unpaired) electrons. The molecule has 72 valence electrons. The maximum absolute atomic E-state index is 10.4. The van der Waals surface area contributed by atoms with Crippen LogP contribution in [0.4, 0.5) is 4.79 Å². The topological polar surface area (TPSA) is 49.3 Å². The first kappa shape index (κ1) is 11.3. The van der Waals surface area contributed by atoms with Gasteiger partial charge >= 0.3 is 6.09 Å². The molecule has 1 amide bonds. The van der Waals surface area contributed by atoms with E-state index in [2.05, 4.69) is 12.2 Å². The van der Waals surface area contributed by atoms with Crippen LogP contribution in [0.15, 0.2) is 0 Å². The van der Waals surface area contributed by atoms with Gasteiger partial charge in [-0.15, -0.1) is 0 Å². The number of amides is 1. The van der Waals surface area contributed by atoms with Crippen molar-refractivity contribution >= 4 is 6.09 Å². The van der Waals surface area contributed by atoms with E-state index in [0.717, 1.165) is 12.8 Å². The van der Waals surface area contributed by atoms with Crippen molar-refractivity contribution in [1.82, 2.24) is 5.32 Å². The van der Waals surface area contributed by atoms with Gasteiger partial charge in [0.2, 0.25) is 0 Å². The molecule has 0 saturated carbocycles. The Morgan fingerprint density at radius 2 is 2.00 bits per heavy atom. The van der Waals surface area contributed by atoms with E-state index >= 15 is 0 Å². The average Bonchev–Trinajstić information content (AvgIpc) is 1.83. The highest BCUT2D eigenvalue weighted by Crippen LogP contribution is 2.22. The molecule has 0 aromatic heterocycles. The van der Waals surface area contributed by atoms with E-state index in [1.54, 1.807) is 0 Å². The lowest BCUT2D eigenvalue weighted by atomic mass is 9.84. The highest BCUT2D eigenvalue weighted by Gasteiger charge is 2.24. The number of hydrogen-bond donors (Lipinski definition) is 2. The predicted molar refractivity (Wildman–Crippen MR) is 49.3 cm³/mol. The van der Waals surface area contributed by atoms with E-state index in [1.165, 1.54) is 0 Å². The van der Waals surface area contributed by atoms with E-state index in [-0.39, 0.29) is 11.5 Å². The van der Waals surface area contributed by atoms with Gasteiger partial charge in [-0.05, 0) is 11.8 Å². The molecule has 0 bridgehead atoms. The van der Waals surface area contributed by atoms with Crippen LogP contribution in [-0.2, 0) is 0 Å². The molecule has 0 aliphatic rings. The van der Waals surface area contributed by atoms with Gasteiger partial charge in [-0.25, -0.2) is 4.79 Å². The Balaban J connectivity index is 4.13. The minimum absolute atomic E-state index is 0.00833. The molecule has 0 aromatic rings. The molecule has 0 aliphatic heterocycles. The molecular formula is C9H19NO2. The summed E-state index contributed by atoms with van der Waals surface area (Å²) >= 11 is 0. The number of hydrogen-bond acceptors (Lipinski definition) is 1. The van der Waals surface area contributed by atoms with Crippen molar-refractivity contribution < 1.29 is 9.90 Å². The molecule has 12 heavy (non-hydrogen) atoms. The highest BCUT2D eigenvalue weighted by atomic mass is 16.4. The molecule has 0 aromatic carbocycles. The fourth-order valence-corrected chi connectivity index (χ4v) is 1.16. The largest absolute Gasteiger partial charge is 0.465 e.